The predicted octanol–water partition coefficient (Wildman–Crippen LogP) is 1.11. The van der Waals surface area contributed by atoms with Gasteiger partial charge in [0.25, 0.3) is 0 Å². The second-order valence-electron chi connectivity index (χ2n) is 4.53. The standard InChI is InChI=1S/C13H21N5O/c1-11-12(13(19-3)17(2)16-11)9-14-5-4-7-18-8-6-15-10-18/h6,8,10,14H,4-5,7,9H2,1-3H3. The van der Waals surface area contributed by atoms with Crippen molar-refractivity contribution in [2.75, 3.05) is 13.7 Å². The van der Waals surface area contributed by atoms with E-state index in [2.05, 4.69) is 20.0 Å². The van der Waals surface area contributed by atoms with Gasteiger partial charge < -0.3 is 14.6 Å². The second kappa shape index (κ2) is 6.38. The fourth-order valence-electron chi connectivity index (χ4n) is 2.16. The molecule has 6 nitrogen and oxygen atoms in total. The fraction of sp³-hybridized carbons (Fsp3) is 0.538. The van der Waals surface area contributed by atoms with Crippen LogP contribution in [0.25, 0.3) is 0 Å². The molecular formula is C13H21N5O. The molecule has 2 rings (SSSR count). The van der Waals surface area contributed by atoms with Crippen molar-refractivity contribution in [1.29, 1.82) is 0 Å². The first-order chi connectivity index (χ1) is 9.22. The van der Waals surface area contributed by atoms with Gasteiger partial charge in [0.1, 0.15) is 0 Å². The Morgan fingerprint density at radius 2 is 2.26 bits per heavy atom. The summed E-state index contributed by atoms with van der Waals surface area (Å²) < 4.78 is 9.22. The molecule has 6 heteroatoms. The van der Waals surface area contributed by atoms with Crippen LogP contribution < -0.4 is 10.1 Å². The lowest BCUT2D eigenvalue weighted by atomic mass is 10.2. The number of rotatable bonds is 7. The van der Waals surface area contributed by atoms with Gasteiger partial charge in [-0.1, -0.05) is 0 Å². The van der Waals surface area contributed by atoms with E-state index in [1.165, 1.54) is 0 Å². The highest BCUT2D eigenvalue weighted by atomic mass is 16.5. The van der Waals surface area contributed by atoms with Crippen LogP contribution in [0.15, 0.2) is 18.7 Å². The van der Waals surface area contributed by atoms with Crippen molar-refractivity contribution in [2.24, 2.45) is 7.05 Å². The molecule has 0 saturated carbocycles. The zero-order chi connectivity index (χ0) is 13.7. The number of imidazole rings is 1. The number of hydrogen-bond acceptors (Lipinski definition) is 4. The van der Waals surface area contributed by atoms with Crippen LogP contribution >= 0.6 is 0 Å². The van der Waals surface area contributed by atoms with E-state index >= 15 is 0 Å². The average Bonchev–Trinajstić information content (AvgIpc) is 2.98. The highest BCUT2D eigenvalue weighted by molar-refractivity contribution is 5.30. The quantitative estimate of drug-likeness (QED) is 0.760. The lowest BCUT2D eigenvalue weighted by Crippen LogP contribution is -2.17. The molecule has 2 heterocycles. The lowest BCUT2D eigenvalue weighted by molar-refractivity contribution is 0.368. The van der Waals surface area contributed by atoms with Crippen LogP contribution in [0, 0.1) is 6.92 Å². The van der Waals surface area contributed by atoms with Crippen LogP contribution in [-0.4, -0.2) is 33.0 Å². The van der Waals surface area contributed by atoms with Crippen molar-refractivity contribution in [3.63, 3.8) is 0 Å². The minimum Gasteiger partial charge on any atom is -0.481 e. The third-order valence-electron chi connectivity index (χ3n) is 3.11. The van der Waals surface area contributed by atoms with Gasteiger partial charge in [0, 0.05) is 32.5 Å². The smallest absolute Gasteiger partial charge is 0.216 e. The van der Waals surface area contributed by atoms with E-state index in [4.69, 9.17) is 4.74 Å². The summed E-state index contributed by atoms with van der Waals surface area (Å²) in [7, 11) is 3.58. The molecule has 0 aliphatic heterocycles. The zero-order valence-corrected chi connectivity index (χ0v) is 11.8. The maximum atomic E-state index is 5.36. The average molecular weight is 263 g/mol. The maximum Gasteiger partial charge on any atom is 0.216 e. The number of methoxy groups -OCH3 is 1. The molecule has 0 amide bonds. The Morgan fingerprint density at radius 3 is 2.95 bits per heavy atom. The van der Waals surface area contributed by atoms with E-state index in [9.17, 15) is 0 Å². The minimum atomic E-state index is 0.784. The van der Waals surface area contributed by atoms with E-state index in [0.29, 0.717) is 0 Å². The molecule has 0 aliphatic carbocycles. The van der Waals surface area contributed by atoms with Gasteiger partial charge in [-0.15, -0.1) is 0 Å². The molecule has 0 aliphatic rings. The predicted molar refractivity (Wildman–Crippen MR) is 73.0 cm³/mol. The van der Waals surface area contributed by atoms with Crippen molar-refractivity contribution < 1.29 is 4.74 Å². The Hall–Kier alpha value is -1.82. The molecule has 0 unspecified atom stereocenters. The van der Waals surface area contributed by atoms with Gasteiger partial charge in [-0.25, -0.2) is 9.67 Å². The molecule has 0 radical (unpaired) electrons. The number of aromatic nitrogens is 4. The van der Waals surface area contributed by atoms with E-state index in [0.717, 1.165) is 43.2 Å². The van der Waals surface area contributed by atoms with Crippen LogP contribution in [-0.2, 0) is 20.1 Å². The van der Waals surface area contributed by atoms with Gasteiger partial charge in [-0.2, -0.15) is 5.10 Å². The molecule has 104 valence electrons. The largest absolute Gasteiger partial charge is 0.481 e. The Kier molecular flexibility index (Phi) is 4.57. The molecule has 0 aromatic carbocycles. The number of nitrogens with zero attached hydrogens (tertiary/aromatic N) is 4. The molecule has 1 N–H and O–H groups in total. The van der Waals surface area contributed by atoms with Crippen molar-refractivity contribution >= 4 is 0 Å². The maximum absolute atomic E-state index is 5.36. The van der Waals surface area contributed by atoms with Gasteiger partial charge in [-0.05, 0) is 19.9 Å². The van der Waals surface area contributed by atoms with Crippen molar-refractivity contribution in [1.82, 2.24) is 24.6 Å². The van der Waals surface area contributed by atoms with E-state index in [1.54, 1.807) is 18.0 Å². The first kappa shape index (κ1) is 13.6. The van der Waals surface area contributed by atoms with Crippen LogP contribution in [0.5, 0.6) is 5.88 Å². The molecule has 0 saturated heterocycles. The molecule has 0 bridgehead atoms. The lowest BCUT2D eigenvalue weighted by Gasteiger charge is -2.07. The summed E-state index contributed by atoms with van der Waals surface area (Å²) in [6.45, 7) is 4.73. The van der Waals surface area contributed by atoms with E-state index < -0.39 is 0 Å². The molecule has 2 aromatic rings. The van der Waals surface area contributed by atoms with Crippen LogP contribution in [0.1, 0.15) is 17.7 Å². The van der Waals surface area contributed by atoms with Gasteiger partial charge in [0.15, 0.2) is 0 Å². The van der Waals surface area contributed by atoms with Crippen molar-refractivity contribution in [3.8, 4) is 5.88 Å². The summed E-state index contributed by atoms with van der Waals surface area (Å²) in [5, 5.41) is 7.79. The summed E-state index contributed by atoms with van der Waals surface area (Å²) in [5.74, 6) is 0.833. The fourth-order valence-corrected chi connectivity index (χ4v) is 2.16. The molecule has 19 heavy (non-hydrogen) atoms. The van der Waals surface area contributed by atoms with Gasteiger partial charge >= 0.3 is 0 Å². The zero-order valence-electron chi connectivity index (χ0n) is 11.8. The summed E-state index contributed by atoms with van der Waals surface area (Å²) in [5.41, 5.74) is 2.15. The Labute approximate surface area is 113 Å². The van der Waals surface area contributed by atoms with Crippen LogP contribution in [0.4, 0.5) is 0 Å². The number of ether oxygens (including phenoxy) is 1. The Balaban J connectivity index is 1.76. The topological polar surface area (TPSA) is 56.9 Å². The van der Waals surface area contributed by atoms with E-state index in [-0.39, 0.29) is 0 Å². The SMILES string of the molecule is COc1c(CNCCCn2ccnc2)c(C)nn1C. The third kappa shape index (κ3) is 3.35. The van der Waals surface area contributed by atoms with E-state index in [1.807, 2.05) is 26.5 Å². The van der Waals surface area contributed by atoms with Gasteiger partial charge in [0.05, 0.1) is 24.7 Å². The minimum absolute atomic E-state index is 0.784. The highest BCUT2D eigenvalue weighted by Crippen LogP contribution is 2.20. The highest BCUT2D eigenvalue weighted by Gasteiger charge is 2.12. The summed E-state index contributed by atoms with van der Waals surface area (Å²) in [6.07, 6.45) is 6.69. The number of aryl methyl sites for hydroxylation is 3. The van der Waals surface area contributed by atoms with Crippen LogP contribution in [0.2, 0.25) is 0 Å². The number of hydrogen-bond donors (Lipinski definition) is 1. The summed E-state index contributed by atoms with van der Waals surface area (Å²) >= 11 is 0. The van der Waals surface area contributed by atoms with Crippen molar-refractivity contribution in [3.05, 3.63) is 30.0 Å². The van der Waals surface area contributed by atoms with Gasteiger partial charge in [0.2, 0.25) is 5.88 Å². The van der Waals surface area contributed by atoms with Crippen molar-refractivity contribution in [2.45, 2.75) is 26.4 Å². The molecule has 0 fully saturated rings. The molecule has 0 spiro atoms. The number of nitrogens with one attached hydrogen (secondary N) is 1. The summed E-state index contributed by atoms with van der Waals surface area (Å²) in [4.78, 5) is 4.02. The van der Waals surface area contributed by atoms with Crippen LogP contribution in [0.3, 0.4) is 0 Å². The second-order valence-corrected chi connectivity index (χ2v) is 4.53. The first-order valence-corrected chi connectivity index (χ1v) is 6.45. The van der Waals surface area contributed by atoms with Gasteiger partial charge in [-0.3, -0.25) is 0 Å². The molecular weight excluding hydrogens is 242 g/mol. The Bertz CT molecular complexity index is 503. The summed E-state index contributed by atoms with van der Waals surface area (Å²) in [6, 6.07) is 0. The molecule has 2 aromatic heterocycles. The Morgan fingerprint density at radius 1 is 1.42 bits per heavy atom. The third-order valence-corrected chi connectivity index (χ3v) is 3.11. The monoisotopic (exact) mass is 263 g/mol. The molecule has 0 atom stereocenters. The first-order valence-electron chi connectivity index (χ1n) is 6.45. The normalized spacial score (nSPS) is 10.9.